The van der Waals surface area contributed by atoms with Crippen LogP contribution in [0.4, 0.5) is 5.95 Å². The maximum Gasteiger partial charge on any atom is 0.341 e. The zero-order chi connectivity index (χ0) is 12.3. The Morgan fingerprint density at radius 1 is 1.47 bits per heavy atom. The van der Waals surface area contributed by atoms with E-state index < -0.39 is 12.6 Å². The zero-order valence-electron chi connectivity index (χ0n) is 8.66. The second-order valence-electron chi connectivity index (χ2n) is 3.14. The summed E-state index contributed by atoms with van der Waals surface area (Å²) in [6.45, 7) is -0.444. The van der Waals surface area contributed by atoms with Gasteiger partial charge in [-0.15, -0.1) is 0 Å². The smallest absolute Gasteiger partial charge is 0.341 e. The fraction of sp³-hybridized carbons (Fsp3) is 0.100. The highest BCUT2D eigenvalue weighted by Crippen LogP contribution is 2.28. The van der Waals surface area contributed by atoms with E-state index in [9.17, 15) is 4.79 Å². The lowest BCUT2D eigenvalue weighted by atomic mass is 10.2. The number of nitrogens with two attached hydrogens (primary N) is 1. The van der Waals surface area contributed by atoms with Crippen LogP contribution in [0.1, 0.15) is 0 Å². The van der Waals surface area contributed by atoms with Gasteiger partial charge in [-0.05, 0) is 17.3 Å². The predicted molar refractivity (Wildman–Crippen MR) is 57.3 cm³/mol. The van der Waals surface area contributed by atoms with Gasteiger partial charge in [0.25, 0.3) is 11.8 Å². The first-order chi connectivity index (χ1) is 8.16. The number of nitrogen functional groups attached to an aromatic ring is 1. The van der Waals surface area contributed by atoms with E-state index >= 15 is 0 Å². The number of rotatable bonds is 4. The van der Waals surface area contributed by atoms with E-state index in [0.717, 1.165) is 0 Å². The molecule has 0 unspecified atom stereocenters. The van der Waals surface area contributed by atoms with Gasteiger partial charge >= 0.3 is 5.97 Å². The van der Waals surface area contributed by atoms with Crippen molar-refractivity contribution < 1.29 is 19.2 Å². The highest BCUT2D eigenvalue weighted by Gasteiger charge is 2.13. The molecule has 0 atom stereocenters. The Labute approximate surface area is 95.8 Å². The second kappa shape index (κ2) is 4.52. The Morgan fingerprint density at radius 3 is 2.88 bits per heavy atom. The molecular formula is C10H9N3O4. The first kappa shape index (κ1) is 10.9. The fourth-order valence-electron chi connectivity index (χ4n) is 1.25. The molecule has 1 aromatic heterocycles. The quantitative estimate of drug-likeness (QED) is 0.805. The molecule has 0 aliphatic heterocycles. The van der Waals surface area contributed by atoms with Crippen molar-refractivity contribution in [1.29, 1.82) is 0 Å². The van der Waals surface area contributed by atoms with Crippen LogP contribution in [-0.2, 0) is 4.79 Å². The van der Waals surface area contributed by atoms with E-state index in [-0.39, 0.29) is 11.8 Å². The summed E-state index contributed by atoms with van der Waals surface area (Å²) in [6.07, 6.45) is 0. The summed E-state index contributed by atoms with van der Waals surface area (Å²) in [5, 5.41) is 12.0. The van der Waals surface area contributed by atoms with Crippen LogP contribution in [-0.4, -0.2) is 27.8 Å². The maximum absolute atomic E-state index is 10.4. The molecule has 0 amide bonds. The summed E-state index contributed by atoms with van der Waals surface area (Å²) in [5.41, 5.74) is 5.84. The number of aromatic nitrogens is 2. The van der Waals surface area contributed by atoms with Crippen molar-refractivity contribution in [3.05, 3.63) is 24.3 Å². The third-order valence-corrected chi connectivity index (χ3v) is 1.91. The molecule has 7 nitrogen and oxygen atoms in total. The van der Waals surface area contributed by atoms with Gasteiger partial charge in [0, 0.05) is 0 Å². The number of carboxylic acids is 1. The molecule has 0 aliphatic rings. The number of carbonyl (C=O) groups is 1. The first-order valence-electron chi connectivity index (χ1n) is 4.70. The third kappa shape index (κ3) is 2.51. The third-order valence-electron chi connectivity index (χ3n) is 1.91. The van der Waals surface area contributed by atoms with Crippen molar-refractivity contribution in [3.63, 3.8) is 0 Å². The summed E-state index contributed by atoms with van der Waals surface area (Å²) in [5.74, 6) is -0.528. The van der Waals surface area contributed by atoms with E-state index in [1.165, 1.54) is 0 Å². The lowest BCUT2D eigenvalue weighted by Gasteiger charge is -2.06. The molecule has 0 aliphatic carbocycles. The van der Waals surface area contributed by atoms with E-state index in [4.69, 9.17) is 20.1 Å². The van der Waals surface area contributed by atoms with Crippen LogP contribution in [0.2, 0.25) is 0 Å². The van der Waals surface area contributed by atoms with Crippen LogP contribution in [0, 0.1) is 0 Å². The molecule has 2 aromatic rings. The molecule has 0 saturated heterocycles. The van der Waals surface area contributed by atoms with Crippen molar-refractivity contribution in [2.45, 2.75) is 0 Å². The van der Waals surface area contributed by atoms with Crippen LogP contribution in [0.15, 0.2) is 28.8 Å². The van der Waals surface area contributed by atoms with Crippen LogP contribution >= 0.6 is 0 Å². The molecule has 7 heteroatoms. The number of para-hydroxylation sites is 1. The first-order valence-corrected chi connectivity index (χ1v) is 4.70. The minimum atomic E-state index is -1.06. The Kier molecular flexibility index (Phi) is 2.91. The van der Waals surface area contributed by atoms with E-state index in [1.807, 2.05) is 0 Å². The number of carboxylic acid groups (broad SMARTS) is 1. The number of aliphatic carboxylic acids is 1. The number of anilines is 1. The van der Waals surface area contributed by atoms with Gasteiger partial charge in [-0.25, -0.2) is 4.79 Å². The molecule has 0 fully saturated rings. The largest absolute Gasteiger partial charge is 0.481 e. The molecule has 1 heterocycles. The predicted octanol–water partition coefficient (Wildman–Crippen LogP) is 0.782. The molecule has 0 spiro atoms. The van der Waals surface area contributed by atoms with Crippen molar-refractivity contribution in [3.8, 4) is 17.2 Å². The molecular weight excluding hydrogens is 226 g/mol. The van der Waals surface area contributed by atoms with Crippen molar-refractivity contribution in [2.24, 2.45) is 0 Å². The van der Waals surface area contributed by atoms with Crippen LogP contribution in [0.3, 0.4) is 0 Å². The summed E-state index contributed by atoms with van der Waals surface area (Å²) in [7, 11) is 0. The van der Waals surface area contributed by atoms with Gasteiger partial charge in [-0.1, -0.05) is 12.1 Å². The van der Waals surface area contributed by atoms with Crippen molar-refractivity contribution in [2.75, 3.05) is 12.3 Å². The summed E-state index contributed by atoms with van der Waals surface area (Å²) in [6, 6.07) is 6.73. The minimum Gasteiger partial charge on any atom is -0.481 e. The number of ether oxygens (including phenoxy) is 1. The van der Waals surface area contributed by atoms with Crippen molar-refractivity contribution in [1.82, 2.24) is 10.1 Å². The molecule has 0 radical (unpaired) electrons. The number of nitrogens with zero attached hydrogens (tertiary/aromatic N) is 2. The Hall–Kier alpha value is -2.57. The van der Waals surface area contributed by atoms with E-state index in [0.29, 0.717) is 11.3 Å². The SMILES string of the molecule is Nc1noc(-c2ccccc2OCC(=O)O)n1. The summed E-state index contributed by atoms with van der Waals surface area (Å²) in [4.78, 5) is 14.3. The monoisotopic (exact) mass is 235 g/mol. The van der Waals surface area contributed by atoms with Crippen LogP contribution < -0.4 is 10.5 Å². The summed E-state index contributed by atoms with van der Waals surface area (Å²) < 4.78 is 9.98. The molecule has 0 saturated carbocycles. The fourth-order valence-corrected chi connectivity index (χ4v) is 1.25. The lowest BCUT2D eigenvalue weighted by Crippen LogP contribution is -2.09. The molecule has 3 N–H and O–H groups in total. The van der Waals surface area contributed by atoms with E-state index in [1.54, 1.807) is 24.3 Å². The van der Waals surface area contributed by atoms with Crippen LogP contribution in [0.5, 0.6) is 5.75 Å². The number of hydrogen-bond acceptors (Lipinski definition) is 6. The molecule has 1 aromatic carbocycles. The van der Waals surface area contributed by atoms with Gasteiger partial charge in [0.1, 0.15) is 5.75 Å². The average Bonchev–Trinajstić information content (AvgIpc) is 2.73. The van der Waals surface area contributed by atoms with Gasteiger partial charge in [0.15, 0.2) is 6.61 Å². The lowest BCUT2D eigenvalue weighted by molar-refractivity contribution is -0.139. The Balaban J connectivity index is 2.30. The topological polar surface area (TPSA) is 111 Å². The normalized spacial score (nSPS) is 10.1. The molecule has 0 bridgehead atoms. The number of hydrogen-bond donors (Lipinski definition) is 2. The maximum atomic E-state index is 10.4. The molecule has 88 valence electrons. The van der Waals surface area contributed by atoms with E-state index in [2.05, 4.69) is 10.1 Å². The minimum absolute atomic E-state index is 0.00744. The summed E-state index contributed by atoms with van der Waals surface area (Å²) >= 11 is 0. The van der Waals surface area contributed by atoms with Gasteiger partial charge in [0.2, 0.25) is 0 Å². The molecule has 17 heavy (non-hydrogen) atoms. The standard InChI is InChI=1S/C10H9N3O4/c11-10-12-9(17-13-10)6-3-1-2-4-7(6)16-5-8(14)15/h1-4H,5H2,(H2,11,13)(H,14,15). The molecule has 2 rings (SSSR count). The van der Waals surface area contributed by atoms with Crippen molar-refractivity contribution >= 4 is 11.9 Å². The van der Waals surface area contributed by atoms with Gasteiger partial charge in [-0.2, -0.15) is 4.98 Å². The van der Waals surface area contributed by atoms with Gasteiger partial charge in [-0.3, -0.25) is 0 Å². The van der Waals surface area contributed by atoms with Crippen LogP contribution in [0.25, 0.3) is 11.5 Å². The second-order valence-corrected chi connectivity index (χ2v) is 3.14. The van der Waals surface area contributed by atoms with Gasteiger partial charge in [0.05, 0.1) is 5.56 Å². The zero-order valence-corrected chi connectivity index (χ0v) is 8.66. The Bertz CT molecular complexity index is 538. The Morgan fingerprint density at radius 2 is 2.24 bits per heavy atom. The average molecular weight is 235 g/mol. The van der Waals surface area contributed by atoms with Gasteiger partial charge < -0.3 is 20.1 Å². The number of benzene rings is 1. The highest BCUT2D eigenvalue weighted by molar-refractivity contribution is 5.69. The highest BCUT2D eigenvalue weighted by atomic mass is 16.5.